The Bertz CT molecular complexity index is 882. The molecule has 2 N–H and O–H groups in total. The van der Waals surface area contributed by atoms with Crippen molar-refractivity contribution >= 4 is 23.2 Å². The summed E-state index contributed by atoms with van der Waals surface area (Å²) in [6.45, 7) is 3.21. The van der Waals surface area contributed by atoms with Crippen LogP contribution in [0.1, 0.15) is 11.4 Å². The average Bonchev–Trinajstić information content (AvgIpc) is 2.81. The minimum Gasteiger partial charge on any atom is -0.322 e. The van der Waals surface area contributed by atoms with Gasteiger partial charge in [-0.2, -0.15) is 5.10 Å². The van der Waals surface area contributed by atoms with Crippen LogP contribution in [0.4, 0.5) is 24.5 Å². The van der Waals surface area contributed by atoms with Gasteiger partial charge in [0.2, 0.25) is 11.8 Å². The molecule has 0 aliphatic carbocycles. The van der Waals surface area contributed by atoms with Crippen LogP contribution >= 0.6 is 0 Å². The van der Waals surface area contributed by atoms with Crippen LogP contribution in [0.15, 0.2) is 12.1 Å². The van der Waals surface area contributed by atoms with Gasteiger partial charge in [-0.3, -0.25) is 19.2 Å². The summed E-state index contributed by atoms with van der Waals surface area (Å²) in [5.41, 5.74) is 1.58. The molecule has 10 heteroatoms. The van der Waals surface area contributed by atoms with Gasteiger partial charge in [0.15, 0.2) is 17.5 Å². The third-order valence-corrected chi connectivity index (χ3v) is 3.91. The normalized spacial score (nSPS) is 11.0. The third kappa shape index (κ3) is 4.85. The summed E-state index contributed by atoms with van der Waals surface area (Å²) in [5.74, 6) is -5.53. The zero-order valence-corrected chi connectivity index (χ0v) is 15.4. The molecule has 0 unspecified atom stereocenters. The largest absolute Gasteiger partial charge is 0.322 e. The van der Waals surface area contributed by atoms with Gasteiger partial charge in [-0.25, -0.2) is 13.2 Å². The number of carbonyl (C=O) groups is 2. The Kier molecular flexibility index (Phi) is 6.21. The summed E-state index contributed by atoms with van der Waals surface area (Å²) in [7, 11) is 3.27. The van der Waals surface area contributed by atoms with Crippen LogP contribution in [0.2, 0.25) is 0 Å². The first-order valence-electron chi connectivity index (χ1n) is 8.02. The molecule has 0 saturated carbocycles. The van der Waals surface area contributed by atoms with Crippen LogP contribution in [0.3, 0.4) is 0 Å². The van der Waals surface area contributed by atoms with Crippen molar-refractivity contribution in [2.75, 3.05) is 30.8 Å². The van der Waals surface area contributed by atoms with Crippen molar-refractivity contribution in [1.82, 2.24) is 14.7 Å². The Balaban J connectivity index is 1.91. The number of amides is 2. The lowest BCUT2D eigenvalue weighted by molar-refractivity contribution is -0.119. The Morgan fingerprint density at radius 2 is 1.67 bits per heavy atom. The molecule has 1 heterocycles. The van der Waals surface area contributed by atoms with Crippen molar-refractivity contribution in [2.45, 2.75) is 13.8 Å². The molecule has 146 valence electrons. The first-order chi connectivity index (χ1) is 12.6. The molecule has 0 saturated heterocycles. The van der Waals surface area contributed by atoms with E-state index in [9.17, 15) is 22.8 Å². The lowest BCUT2D eigenvalue weighted by Gasteiger charge is -2.16. The van der Waals surface area contributed by atoms with Crippen molar-refractivity contribution in [2.24, 2.45) is 7.05 Å². The molecule has 0 aliphatic rings. The van der Waals surface area contributed by atoms with Crippen LogP contribution in [0.5, 0.6) is 0 Å². The molecule has 0 radical (unpaired) electrons. The Morgan fingerprint density at radius 3 is 2.22 bits per heavy atom. The lowest BCUT2D eigenvalue weighted by atomic mass is 10.2. The molecular weight excluding hydrogens is 363 g/mol. The van der Waals surface area contributed by atoms with E-state index in [1.165, 1.54) is 11.9 Å². The molecule has 1 aromatic carbocycles. The molecule has 1 aromatic heterocycles. The van der Waals surface area contributed by atoms with Gasteiger partial charge in [0.05, 0.1) is 35.9 Å². The second-order valence-electron chi connectivity index (χ2n) is 6.16. The van der Waals surface area contributed by atoms with Gasteiger partial charge in [-0.15, -0.1) is 0 Å². The number of likely N-dealkylation sites (N-methyl/N-ethyl adjacent to an activating group) is 1. The maximum Gasteiger partial charge on any atom is 0.238 e. The number of anilines is 2. The maximum absolute atomic E-state index is 13.6. The number of nitrogens with zero attached hydrogens (tertiary/aromatic N) is 3. The van der Waals surface area contributed by atoms with E-state index in [-0.39, 0.29) is 19.0 Å². The molecule has 7 nitrogen and oxygen atoms in total. The standard InChI is InChI=1S/C17H20F3N5O2/c1-9-17(10(2)25(4)23-9)22-14(27)8-24(3)7-13(26)21-12-6-5-11(18)15(19)16(12)20/h5-6H,7-8H2,1-4H3,(H,21,26)(H,22,27). The van der Waals surface area contributed by atoms with Crippen LogP contribution in [-0.4, -0.2) is 46.6 Å². The van der Waals surface area contributed by atoms with Gasteiger partial charge in [-0.1, -0.05) is 0 Å². The van der Waals surface area contributed by atoms with E-state index in [0.717, 1.165) is 11.8 Å². The minimum absolute atomic E-state index is 0.110. The topological polar surface area (TPSA) is 79.3 Å². The smallest absolute Gasteiger partial charge is 0.238 e. The highest BCUT2D eigenvalue weighted by Gasteiger charge is 2.18. The fourth-order valence-electron chi connectivity index (χ4n) is 2.49. The molecule has 0 spiro atoms. The van der Waals surface area contributed by atoms with Crippen LogP contribution in [0, 0.1) is 31.3 Å². The number of hydrogen-bond donors (Lipinski definition) is 2. The van der Waals surface area contributed by atoms with Crippen molar-refractivity contribution in [3.63, 3.8) is 0 Å². The van der Waals surface area contributed by atoms with Gasteiger partial charge < -0.3 is 10.6 Å². The summed E-state index contributed by atoms with van der Waals surface area (Å²) < 4.78 is 41.3. The predicted molar refractivity (Wildman–Crippen MR) is 93.8 cm³/mol. The van der Waals surface area contributed by atoms with Crippen molar-refractivity contribution in [3.8, 4) is 0 Å². The Morgan fingerprint density at radius 1 is 1.07 bits per heavy atom. The number of aryl methyl sites for hydroxylation is 2. The molecule has 2 rings (SSSR count). The quantitative estimate of drug-likeness (QED) is 0.748. The summed E-state index contributed by atoms with van der Waals surface area (Å²) in [4.78, 5) is 25.5. The van der Waals surface area contributed by atoms with Crippen molar-refractivity contribution in [3.05, 3.63) is 41.0 Å². The molecule has 0 fully saturated rings. The summed E-state index contributed by atoms with van der Waals surface area (Å²) in [6.07, 6.45) is 0. The number of rotatable bonds is 6. The number of benzene rings is 1. The van der Waals surface area contributed by atoms with Crippen LogP contribution in [-0.2, 0) is 16.6 Å². The highest BCUT2D eigenvalue weighted by atomic mass is 19.2. The number of aromatic nitrogens is 2. The molecule has 0 atom stereocenters. The fourth-order valence-corrected chi connectivity index (χ4v) is 2.49. The van der Waals surface area contributed by atoms with Gasteiger partial charge in [0.1, 0.15) is 0 Å². The molecular formula is C17H20F3N5O2. The molecule has 0 bridgehead atoms. The minimum atomic E-state index is -1.66. The molecule has 2 aromatic rings. The monoisotopic (exact) mass is 383 g/mol. The average molecular weight is 383 g/mol. The van der Waals surface area contributed by atoms with Crippen LogP contribution in [0.25, 0.3) is 0 Å². The van der Waals surface area contributed by atoms with E-state index in [4.69, 9.17) is 0 Å². The number of carbonyl (C=O) groups excluding carboxylic acids is 2. The molecule has 27 heavy (non-hydrogen) atoms. The van der Waals surface area contributed by atoms with Crippen molar-refractivity contribution in [1.29, 1.82) is 0 Å². The molecule has 2 amide bonds. The van der Waals surface area contributed by atoms with E-state index in [2.05, 4.69) is 15.7 Å². The second kappa shape index (κ2) is 8.21. The Hall–Kier alpha value is -2.88. The van der Waals surface area contributed by atoms with E-state index in [0.29, 0.717) is 17.4 Å². The van der Waals surface area contributed by atoms with Gasteiger partial charge in [-0.05, 0) is 33.0 Å². The fraction of sp³-hybridized carbons (Fsp3) is 0.353. The highest BCUT2D eigenvalue weighted by Crippen LogP contribution is 2.20. The number of nitrogens with one attached hydrogen (secondary N) is 2. The number of halogens is 3. The van der Waals surface area contributed by atoms with E-state index < -0.39 is 29.0 Å². The van der Waals surface area contributed by atoms with Crippen LogP contribution < -0.4 is 10.6 Å². The Labute approximate surface area is 154 Å². The van der Waals surface area contributed by atoms with Gasteiger partial charge in [0, 0.05) is 7.05 Å². The van der Waals surface area contributed by atoms with E-state index in [1.54, 1.807) is 18.7 Å². The third-order valence-electron chi connectivity index (χ3n) is 3.91. The second-order valence-corrected chi connectivity index (χ2v) is 6.16. The van der Waals surface area contributed by atoms with Gasteiger partial charge >= 0.3 is 0 Å². The number of hydrogen-bond acceptors (Lipinski definition) is 4. The first kappa shape index (κ1) is 20.4. The summed E-state index contributed by atoms with van der Waals surface area (Å²) in [5, 5.41) is 9.07. The predicted octanol–water partition coefficient (Wildman–Crippen LogP) is 1.96. The van der Waals surface area contributed by atoms with E-state index >= 15 is 0 Å². The van der Waals surface area contributed by atoms with Crippen molar-refractivity contribution < 1.29 is 22.8 Å². The summed E-state index contributed by atoms with van der Waals surface area (Å²) in [6, 6.07) is 1.63. The zero-order chi connectivity index (χ0) is 20.3. The lowest BCUT2D eigenvalue weighted by Crippen LogP contribution is -2.36. The first-order valence-corrected chi connectivity index (χ1v) is 8.02. The maximum atomic E-state index is 13.6. The zero-order valence-electron chi connectivity index (χ0n) is 15.4. The van der Waals surface area contributed by atoms with E-state index in [1.807, 2.05) is 6.92 Å². The molecule has 0 aliphatic heterocycles. The highest BCUT2D eigenvalue weighted by molar-refractivity contribution is 5.95. The summed E-state index contributed by atoms with van der Waals surface area (Å²) >= 11 is 0. The van der Waals surface area contributed by atoms with Gasteiger partial charge in [0.25, 0.3) is 0 Å². The SMILES string of the molecule is Cc1nn(C)c(C)c1NC(=O)CN(C)CC(=O)Nc1ccc(F)c(F)c1F.